The number of rotatable bonds is 5. The molecule has 30 heavy (non-hydrogen) atoms. The van der Waals surface area contributed by atoms with Gasteiger partial charge < -0.3 is 15.3 Å². The molecule has 5 heteroatoms. The summed E-state index contributed by atoms with van der Waals surface area (Å²) in [4.78, 5) is 24.9. The molecule has 4 aliphatic rings. The maximum absolute atomic E-state index is 12.5. The van der Waals surface area contributed by atoms with Crippen LogP contribution in [0.1, 0.15) is 72.1 Å². The highest BCUT2D eigenvalue weighted by Crippen LogP contribution is 2.68. The zero-order valence-corrected chi connectivity index (χ0v) is 18.5. The third-order valence-electron chi connectivity index (χ3n) is 9.39. The van der Waals surface area contributed by atoms with Crippen LogP contribution >= 0.6 is 0 Å². The van der Waals surface area contributed by atoms with Crippen molar-refractivity contribution in [2.45, 2.75) is 83.8 Å². The number of carbonyl (C=O) groups is 2. The molecule has 0 aromatic carbocycles. The highest BCUT2D eigenvalue weighted by Gasteiger charge is 2.68. The molecule has 0 saturated heterocycles. The first-order valence-electron chi connectivity index (χ1n) is 11.6. The van der Waals surface area contributed by atoms with E-state index in [1.807, 2.05) is 6.92 Å². The molecular weight excluding hydrogens is 380 g/mol. The van der Waals surface area contributed by atoms with E-state index in [2.05, 4.69) is 13.8 Å². The number of hydrogen-bond acceptors (Lipinski definition) is 5. The molecule has 0 aliphatic heterocycles. The molecule has 3 saturated carbocycles. The normalized spacial score (nSPS) is 45.2. The van der Waals surface area contributed by atoms with Crippen molar-refractivity contribution in [1.29, 1.82) is 0 Å². The topological polar surface area (TPSA) is 94.8 Å². The number of carbonyl (C=O) groups excluding carboxylic acids is 2. The Hall–Kier alpha value is -1.30. The number of Topliss-reactive ketones (excluding diaryl/α,β-unsaturated/α-hetero) is 1. The molecule has 0 amide bonds. The first kappa shape index (κ1) is 21.9. The molecule has 0 aromatic heterocycles. The van der Waals surface area contributed by atoms with E-state index in [1.165, 1.54) is 0 Å². The van der Waals surface area contributed by atoms with Crippen molar-refractivity contribution < 1.29 is 24.9 Å². The van der Waals surface area contributed by atoms with E-state index < -0.39 is 29.5 Å². The number of ketones is 2. The highest BCUT2D eigenvalue weighted by molar-refractivity contribution is 6.02. The SMILES string of the molecule is CCCCC1=CC(=O)C=C2CC[C@@H]3[C@H]([C@@H](O)C[C@@]4(C)[C@H]3CC[C@]4(O)C(=O)CO)[C@]12C. The van der Waals surface area contributed by atoms with Crippen LogP contribution in [-0.4, -0.2) is 45.2 Å². The maximum Gasteiger partial charge on any atom is 0.190 e. The standard InChI is InChI=1S/C25H36O5/c1-4-5-6-15-11-17(27)12-16-7-8-18-19-9-10-25(30,21(29)14-26)23(19,2)13-20(28)22(18)24(15,16)3/h11-12,18-20,22,26,28,30H,4-10,13-14H2,1-3H3/t18-,19-,20-,22+,23-,24+,25-/m0/s1. The van der Waals surface area contributed by atoms with Gasteiger partial charge in [0.2, 0.25) is 0 Å². The minimum Gasteiger partial charge on any atom is -0.393 e. The van der Waals surface area contributed by atoms with Crippen molar-refractivity contribution >= 4 is 11.6 Å². The summed E-state index contributed by atoms with van der Waals surface area (Å²) < 4.78 is 0. The third kappa shape index (κ3) is 2.78. The van der Waals surface area contributed by atoms with Crippen molar-refractivity contribution in [1.82, 2.24) is 0 Å². The smallest absolute Gasteiger partial charge is 0.190 e. The van der Waals surface area contributed by atoms with Gasteiger partial charge in [-0.2, -0.15) is 0 Å². The van der Waals surface area contributed by atoms with Gasteiger partial charge in [-0.25, -0.2) is 0 Å². The van der Waals surface area contributed by atoms with E-state index in [0.29, 0.717) is 12.8 Å². The predicted molar refractivity (Wildman–Crippen MR) is 114 cm³/mol. The summed E-state index contributed by atoms with van der Waals surface area (Å²) in [6.45, 7) is 5.62. The Morgan fingerprint density at radius 2 is 1.97 bits per heavy atom. The first-order valence-corrected chi connectivity index (χ1v) is 11.6. The molecule has 4 aliphatic carbocycles. The Kier molecular flexibility index (Phi) is 5.40. The van der Waals surface area contributed by atoms with Gasteiger partial charge in [0.05, 0.1) is 6.10 Å². The van der Waals surface area contributed by atoms with Crippen molar-refractivity contribution in [2.24, 2.45) is 28.6 Å². The van der Waals surface area contributed by atoms with Crippen molar-refractivity contribution in [2.75, 3.05) is 6.61 Å². The van der Waals surface area contributed by atoms with Crippen LogP contribution in [-0.2, 0) is 9.59 Å². The zero-order chi connectivity index (χ0) is 21.9. The molecule has 0 aromatic rings. The van der Waals surface area contributed by atoms with E-state index in [4.69, 9.17) is 0 Å². The van der Waals surface area contributed by atoms with Crippen LogP contribution in [0.25, 0.3) is 0 Å². The van der Waals surface area contributed by atoms with E-state index >= 15 is 0 Å². The van der Waals surface area contributed by atoms with Gasteiger partial charge in [-0.1, -0.05) is 38.3 Å². The Bertz CT molecular complexity index is 812. The molecule has 0 bridgehead atoms. The molecule has 4 rings (SSSR count). The predicted octanol–water partition coefficient (Wildman–Crippen LogP) is 3.12. The van der Waals surface area contributed by atoms with Crippen LogP contribution in [0, 0.1) is 28.6 Å². The van der Waals surface area contributed by atoms with Crippen LogP contribution in [0.2, 0.25) is 0 Å². The number of fused-ring (bicyclic) bond motifs is 5. The third-order valence-corrected chi connectivity index (χ3v) is 9.39. The quantitative estimate of drug-likeness (QED) is 0.640. The van der Waals surface area contributed by atoms with Crippen LogP contribution in [0.4, 0.5) is 0 Å². The summed E-state index contributed by atoms with van der Waals surface area (Å²) in [5.41, 5.74) is -0.357. The molecule has 166 valence electrons. The Labute approximate surface area is 179 Å². The lowest BCUT2D eigenvalue weighted by Crippen LogP contribution is -2.62. The molecule has 3 fully saturated rings. The van der Waals surface area contributed by atoms with Crippen molar-refractivity contribution in [3.8, 4) is 0 Å². The number of aliphatic hydroxyl groups excluding tert-OH is 2. The highest BCUT2D eigenvalue weighted by atomic mass is 16.3. The minimum atomic E-state index is -1.57. The van der Waals surface area contributed by atoms with E-state index in [9.17, 15) is 24.9 Å². The second kappa shape index (κ2) is 7.39. The molecule has 0 spiro atoms. The summed E-state index contributed by atoms with van der Waals surface area (Å²) >= 11 is 0. The average Bonchev–Trinajstić information content (AvgIpc) is 2.97. The van der Waals surface area contributed by atoms with Gasteiger partial charge >= 0.3 is 0 Å². The molecule has 0 unspecified atom stereocenters. The second-order valence-electron chi connectivity index (χ2n) is 10.6. The molecule has 0 heterocycles. The van der Waals surface area contributed by atoms with Gasteiger partial charge in [-0.05, 0) is 68.9 Å². The van der Waals surface area contributed by atoms with Crippen LogP contribution in [0.15, 0.2) is 23.3 Å². The Balaban J connectivity index is 1.75. The number of allylic oxidation sites excluding steroid dienone is 4. The lowest BCUT2D eigenvalue weighted by molar-refractivity contribution is -0.179. The van der Waals surface area contributed by atoms with Crippen LogP contribution in [0.3, 0.4) is 0 Å². The Morgan fingerprint density at radius 3 is 2.63 bits per heavy atom. The number of aliphatic hydroxyl groups is 3. The lowest BCUT2D eigenvalue weighted by Gasteiger charge is -2.60. The zero-order valence-electron chi connectivity index (χ0n) is 18.5. The van der Waals surface area contributed by atoms with Gasteiger partial charge in [-0.15, -0.1) is 0 Å². The van der Waals surface area contributed by atoms with Gasteiger partial charge in [0.15, 0.2) is 11.6 Å². The van der Waals surface area contributed by atoms with Crippen LogP contribution in [0.5, 0.6) is 0 Å². The minimum absolute atomic E-state index is 0.0154. The molecule has 0 radical (unpaired) electrons. The molecule has 5 nitrogen and oxygen atoms in total. The fourth-order valence-electron chi connectivity index (χ4n) is 7.83. The summed E-state index contributed by atoms with van der Waals surface area (Å²) in [5.74, 6) is -0.175. The molecule has 3 N–H and O–H groups in total. The summed E-state index contributed by atoms with van der Waals surface area (Å²) in [5, 5.41) is 32.3. The van der Waals surface area contributed by atoms with Crippen molar-refractivity contribution in [3.63, 3.8) is 0 Å². The maximum atomic E-state index is 12.5. The average molecular weight is 417 g/mol. The van der Waals surface area contributed by atoms with E-state index in [-0.39, 0.29) is 29.0 Å². The number of hydrogen-bond donors (Lipinski definition) is 3. The fraction of sp³-hybridized carbons (Fsp3) is 0.760. The van der Waals surface area contributed by atoms with Gasteiger partial charge in [0.1, 0.15) is 12.2 Å². The summed E-state index contributed by atoms with van der Waals surface area (Å²) in [6, 6.07) is 0. The van der Waals surface area contributed by atoms with E-state index in [1.54, 1.807) is 12.2 Å². The first-order chi connectivity index (χ1) is 14.1. The van der Waals surface area contributed by atoms with Crippen molar-refractivity contribution in [3.05, 3.63) is 23.3 Å². The second-order valence-corrected chi connectivity index (χ2v) is 10.6. The largest absolute Gasteiger partial charge is 0.393 e. The molecule has 7 atom stereocenters. The monoisotopic (exact) mass is 416 g/mol. The van der Waals surface area contributed by atoms with Gasteiger partial charge in [0.25, 0.3) is 0 Å². The summed E-state index contributed by atoms with van der Waals surface area (Å²) in [7, 11) is 0. The number of unbranched alkanes of at least 4 members (excludes halogenated alkanes) is 1. The van der Waals surface area contributed by atoms with Gasteiger partial charge in [-0.3, -0.25) is 9.59 Å². The summed E-state index contributed by atoms with van der Waals surface area (Å²) in [6.07, 6.45) is 8.94. The lowest BCUT2D eigenvalue weighted by atomic mass is 9.44. The van der Waals surface area contributed by atoms with Gasteiger partial charge in [0, 0.05) is 16.7 Å². The van der Waals surface area contributed by atoms with E-state index in [0.717, 1.165) is 49.7 Å². The molecular formula is C25H36O5. The van der Waals surface area contributed by atoms with Crippen LogP contribution < -0.4 is 0 Å². The fourth-order valence-corrected chi connectivity index (χ4v) is 7.83. The Morgan fingerprint density at radius 1 is 1.23 bits per heavy atom.